The Labute approximate surface area is 192 Å². The molecule has 1 saturated heterocycles. The van der Waals surface area contributed by atoms with E-state index in [0.717, 1.165) is 22.4 Å². The number of amides is 1. The molecule has 0 bridgehead atoms. The summed E-state index contributed by atoms with van der Waals surface area (Å²) in [4.78, 5) is 15.4. The summed E-state index contributed by atoms with van der Waals surface area (Å²) in [5, 5.41) is 0. The molecule has 1 fully saturated rings. The fourth-order valence-electron chi connectivity index (χ4n) is 3.39. The number of thioether (sulfide) groups is 1. The first-order valence-corrected chi connectivity index (χ1v) is 11.3. The zero-order valence-electron chi connectivity index (χ0n) is 17.4. The molecule has 3 nitrogen and oxygen atoms in total. The Morgan fingerprint density at radius 1 is 1.03 bits per heavy atom. The monoisotopic (exact) mass is 445 g/mol. The van der Waals surface area contributed by atoms with Crippen LogP contribution in [0.15, 0.2) is 83.8 Å². The SMILES string of the molecule is Cc1ccc(COc2cccc(/C=C3\SC(=S)N([C@@H](C)c4ccccc4)C3=O)c2)cc1. The number of aryl methyl sites for hydroxylation is 1. The molecule has 0 spiro atoms. The lowest BCUT2D eigenvalue weighted by Gasteiger charge is -2.23. The Morgan fingerprint density at radius 3 is 2.52 bits per heavy atom. The molecule has 1 heterocycles. The van der Waals surface area contributed by atoms with Gasteiger partial charge in [-0.1, -0.05) is 96.3 Å². The van der Waals surface area contributed by atoms with Crippen LogP contribution in [0.25, 0.3) is 6.08 Å². The molecule has 31 heavy (non-hydrogen) atoms. The van der Waals surface area contributed by atoms with Crippen molar-refractivity contribution in [3.05, 3.63) is 106 Å². The van der Waals surface area contributed by atoms with E-state index in [1.807, 2.05) is 67.6 Å². The fraction of sp³-hybridized carbons (Fsp3) is 0.154. The summed E-state index contributed by atoms with van der Waals surface area (Å²) in [5.41, 5.74) is 4.32. The molecule has 3 aromatic carbocycles. The summed E-state index contributed by atoms with van der Waals surface area (Å²) in [6.45, 7) is 4.57. The number of benzene rings is 3. The Hall–Kier alpha value is -2.89. The van der Waals surface area contributed by atoms with Gasteiger partial charge in [0.25, 0.3) is 5.91 Å². The summed E-state index contributed by atoms with van der Waals surface area (Å²) in [6, 6.07) is 25.9. The number of carbonyl (C=O) groups is 1. The standard InChI is InChI=1S/C26H23NO2S2/c1-18-11-13-20(14-12-18)17-29-23-10-6-7-21(15-23)16-24-25(28)27(26(30)31-24)19(2)22-8-4-3-5-9-22/h3-16,19H,17H2,1-2H3/b24-16-/t19-/m0/s1. The minimum atomic E-state index is -0.108. The van der Waals surface area contributed by atoms with Crippen LogP contribution in [-0.4, -0.2) is 15.1 Å². The first-order chi connectivity index (χ1) is 15.0. The predicted octanol–water partition coefficient (Wildman–Crippen LogP) is 6.54. The number of hydrogen-bond acceptors (Lipinski definition) is 4. The largest absolute Gasteiger partial charge is 0.489 e. The molecule has 0 aliphatic carbocycles. The van der Waals surface area contributed by atoms with Crippen molar-refractivity contribution < 1.29 is 9.53 Å². The van der Waals surface area contributed by atoms with Crippen molar-refractivity contribution >= 4 is 40.3 Å². The second-order valence-corrected chi connectivity index (χ2v) is 9.16. The number of ether oxygens (including phenoxy) is 1. The van der Waals surface area contributed by atoms with Crippen LogP contribution in [-0.2, 0) is 11.4 Å². The van der Waals surface area contributed by atoms with E-state index in [1.165, 1.54) is 17.3 Å². The number of rotatable bonds is 6. The Morgan fingerprint density at radius 2 is 1.77 bits per heavy atom. The molecule has 0 N–H and O–H groups in total. The van der Waals surface area contributed by atoms with Crippen molar-refractivity contribution in [1.82, 2.24) is 4.90 Å². The fourth-order valence-corrected chi connectivity index (χ4v) is 4.81. The van der Waals surface area contributed by atoms with Gasteiger partial charge < -0.3 is 4.74 Å². The molecule has 4 rings (SSSR count). The average molecular weight is 446 g/mol. The van der Waals surface area contributed by atoms with Gasteiger partial charge in [0.2, 0.25) is 0 Å². The van der Waals surface area contributed by atoms with Crippen LogP contribution in [0.4, 0.5) is 0 Å². The molecule has 0 radical (unpaired) electrons. The van der Waals surface area contributed by atoms with E-state index in [-0.39, 0.29) is 11.9 Å². The van der Waals surface area contributed by atoms with Gasteiger partial charge in [0.15, 0.2) is 0 Å². The Balaban J connectivity index is 1.48. The average Bonchev–Trinajstić information content (AvgIpc) is 3.06. The van der Waals surface area contributed by atoms with Gasteiger partial charge in [-0.2, -0.15) is 0 Å². The quantitative estimate of drug-likeness (QED) is 0.318. The van der Waals surface area contributed by atoms with Gasteiger partial charge in [-0.25, -0.2) is 0 Å². The van der Waals surface area contributed by atoms with Crippen LogP contribution in [0.1, 0.15) is 35.2 Å². The summed E-state index contributed by atoms with van der Waals surface area (Å²) >= 11 is 6.87. The maximum atomic E-state index is 13.1. The third-order valence-corrected chi connectivity index (χ3v) is 6.51. The predicted molar refractivity (Wildman–Crippen MR) is 132 cm³/mol. The molecular weight excluding hydrogens is 422 g/mol. The minimum absolute atomic E-state index is 0.0580. The molecule has 5 heteroatoms. The molecule has 3 aromatic rings. The van der Waals surface area contributed by atoms with Crippen LogP contribution in [0.3, 0.4) is 0 Å². The molecule has 0 unspecified atom stereocenters. The van der Waals surface area contributed by atoms with E-state index in [0.29, 0.717) is 15.8 Å². The van der Waals surface area contributed by atoms with Crippen LogP contribution < -0.4 is 4.74 Å². The van der Waals surface area contributed by atoms with Crippen molar-refractivity contribution in [1.29, 1.82) is 0 Å². The molecule has 1 amide bonds. The van der Waals surface area contributed by atoms with E-state index in [4.69, 9.17) is 17.0 Å². The van der Waals surface area contributed by atoms with Crippen molar-refractivity contribution in [2.75, 3.05) is 0 Å². The maximum Gasteiger partial charge on any atom is 0.266 e. The van der Waals surface area contributed by atoms with Gasteiger partial charge in [-0.3, -0.25) is 9.69 Å². The van der Waals surface area contributed by atoms with Crippen LogP contribution in [0, 0.1) is 6.92 Å². The third-order valence-electron chi connectivity index (χ3n) is 5.17. The number of thiocarbonyl (C=S) groups is 1. The zero-order valence-corrected chi connectivity index (χ0v) is 19.1. The van der Waals surface area contributed by atoms with Crippen LogP contribution >= 0.6 is 24.0 Å². The van der Waals surface area contributed by atoms with Gasteiger partial charge in [-0.15, -0.1) is 0 Å². The topological polar surface area (TPSA) is 29.5 Å². The smallest absolute Gasteiger partial charge is 0.266 e. The van der Waals surface area contributed by atoms with Crippen molar-refractivity contribution in [2.24, 2.45) is 0 Å². The molecule has 1 atom stereocenters. The van der Waals surface area contributed by atoms with Crippen molar-refractivity contribution in [3.63, 3.8) is 0 Å². The second kappa shape index (κ2) is 9.50. The normalized spacial score (nSPS) is 16.1. The van der Waals surface area contributed by atoms with E-state index < -0.39 is 0 Å². The molecule has 1 aliphatic heterocycles. The van der Waals surface area contributed by atoms with Gasteiger partial charge in [0.05, 0.1) is 10.9 Å². The minimum Gasteiger partial charge on any atom is -0.489 e. The molecule has 0 saturated carbocycles. The highest BCUT2D eigenvalue weighted by atomic mass is 32.2. The van der Waals surface area contributed by atoms with Gasteiger partial charge in [-0.05, 0) is 48.7 Å². The lowest BCUT2D eigenvalue weighted by molar-refractivity contribution is -0.123. The molecule has 0 aromatic heterocycles. The van der Waals surface area contributed by atoms with Crippen LogP contribution in [0.5, 0.6) is 5.75 Å². The number of carbonyl (C=O) groups excluding carboxylic acids is 1. The number of hydrogen-bond donors (Lipinski definition) is 0. The summed E-state index contributed by atoms with van der Waals surface area (Å²) in [5.74, 6) is 0.708. The molecule has 1 aliphatic rings. The highest BCUT2D eigenvalue weighted by Crippen LogP contribution is 2.38. The van der Waals surface area contributed by atoms with E-state index in [9.17, 15) is 4.79 Å². The van der Waals surface area contributed by atoms with Crippen molar-refractivity contribution in [2.45, 2.75) is 26.5 Å². The second-order valence-electron chi connectivity index (χ2n) is 7.49. The van der Waals surface area contributed by atoms with E-state index in [1.54, 1.807) is 4.90 Å². The third kappa shape index (κ3) is 5.06. The summed E-state index contributed by atoms with van der Waals surface area (Å²) in [6.07, 6.45) is 1.88. The van der Waals surface area contributed by atoms with Gasteiger partial charge >= 0.3 is 0 Å². The lowest BCUT2D eigenvalue weighted by atomic mass is 10.1. The first kappa shape index (κ1) is 21.3. The lowest BCUT2D eigenvalue weighted by Crippen LogP contribution is -2.30. The summed E-state index contributed by atoms with van der Waals surface area (Å²) < 4.78 is 6.53. The molecular formula is C26H23NO2S2. The first-order valence-electron chi connectivity index (χ1n) is 10.1. The van der Waals surface area contributed by atoms with Gasteiger partial charge in [0.1, 0.15) is 16.7 Å². The van der Waals surface area contributed by atoms with Gasteiger partial charge in [0, 0.05) is 0 Å². The Bertz CT molecular complexity index is 1120. The summed E-state index contributed by atoms with van der Waals surface area (Å²) in [7, 11) is 0. The van der Waals surface area contributed by atoms with E-state index in [2.05, 4.69) is 31.2 Å². The van der Waals surface area contributed by atoms with Crippen LogP contribution in [0.2, 0.25) is 0 Å². The highest BCUT2D eigenvalue weighted by molar-refractivity contribution is 8.26. The molecule has 156 valence electrons. The van der Waals surface area contributed by atoms with E-state index >= 15 is 0 Å². The number of nitrogens with zero attached hydrogens (tertiary/aromatic N) is 1. The highest BCUT2D eigenvalue weighted by Gasteiger charge is 2.35. The zero-order chi connectivity index (χ0) is 21.8. The van der Waals surface area contributed by atoms with Crippen molar-refractivity contribution in [3.8, 4) is 5.75 Å². The Kier molecular flexibility index (Phi) is 6.54. The maximum absolute atomic E-state index is 13.1.